The fourth-order valence-corrected chi connectivity index (χ4v) is 4.02. The van der Waals surface area contributed by atoms with Gasteiger partial charge in [0.15, 0.2) is 0 Å². The van der Waals surface area contributed by atoms with Crippen LogP contribution >= 0.6 is 0 Å². The molecule has 1 N–H and O–H groups in total. The Morgan fingerprint density at radius 1 is 1.05 bits per heavy atom. The summed E-state index contributed by atoms with van der Waals surface area (Å²) in [7, 11) is 0. The maximum atomic E-state index is 12.2. The Morgan fingerprint density at radius 2 is 1.91 bits per heavy atom. The van der Waals surface area contributed by atoms with Crippen molar-refractivity contribution in [2.75, 3.05) is 45.9 Å². The summed E-state index contributed by atoms with van der Waals surface area (Å²) in [5.74, 6) is 0.168. The van der Waals surface area contributed by atoms with E-state index in [2.05, 4.69) is 15.1 Å². The van der Waals surface area contributed by atoms with Crippen LogP contribution in [0.4, 0.5) is 0 Å². The average Bonchev–Trinajstić information content (AvgIpc) is 3.19. The van der Waals surface area contributed by atoms with Gasteiger partial charge in [-0.1, -0.05) is 6.42 Å². The second-order valence-electron chi connectivity index (χ2n) is 7.07. The van der Waals surface area contributed by atoms with E-state index in [9.17, 15) is 4.79 Å². The third-order valence-electron chi connectivity index (χ3n) is 5.31. The summed E-state index contributed by atoms with van der Waals surface area (Å²) in [5, 5.41) is 3.06. The lowest BCUT2D eigenvalue weighted by Crippen LogP contribution is -2.46. The molecule has 0 bridgehead atoms. The predicted molar refractivity (Wildman–Crippen MR) is 86.9 cm³/mol. The van der Waals surface area contributed by atoms with E-state index in [4.69, 9.17) is 4.74 Å². The van der Waals surface area contributed by atoms with Crippen molar-refractivity contribution in [1.29, 1.82) is 0 Å². The van der Waals surface area contributed by atoms with E-state index in [1.165, 1.54) is 45.2 Å². The van der Waals surface area contributed by atoms with E-state index in [1.807, 2.05) is 0 Å². The molecule has 126 valence electrons. The second kappa shape index (κ2) is 8.27. The zero-order chi connectivity index (χ0) is 15.2. The van der Waals surface area contributed by atoms with E-state index >= 15 is 0 Å². The fraction of sp³-hybridized carbons (Fsp3) is 0.941. The predicted octanol–water partition coefficient (Wildman–Crippen LogP) is 1.23. The Labute approximate surface area is 134 Å². The zero-order valence-electron chi connectivity index (χ0n) is 13.8. The number of nitrogens with one attached hydrogen (secondary N) is 1. The molecule has 5 heteroatoms. The number of piperidine rings is 1. The maximum Gasteiger partial charge on any atom is 0.234 e. The number of hydrogen-bond donors (Lipinski definition) is 1. The van der Waals surface area contributed by atoms with Crippen molar-refractivity contribution in [2.24, 2.45) is 0 Å². The molecule has 3 rings (SSSR count). The molecule has 0 aromatic heterocycles. The Hall–Kier alpha value is -0.650. The Morgan fingerprint density at radius 3 is 2.68 bits per heavy atom. The summed E-state index contributed by atoms with van der Waals surface area (Å²) < 4.78 is 5.56. The van der Waals surface area contributed by atoms with Gasteiger partial charge >= 0.3 is 0 Å². The minimum atomic E-state index is 0.168. The Kier molecular flexibility index (Phi) is 6.10. The quantitative estimate of drug-likeness (QED) is 0.802. The molecular weight excluding hydrogens is 278 g/mol. The summed E-state index contributed by atoms with van der Waals surface area (Å²) in [6, 6.07) is 0.576. The Balaban J connectivity index is 1.38. The molecule has 0 aromatic carbocycles. The van der Waals surface area contributed by atoms with Crippen molar-refractivity contribution >= 4 is 5.91 Å². The molecule has 0 aliphatic carbocycles. The van der Waals surface area contributed by atoms with Gasteiger partial charge in [-0.3, -0.25) is 9.69 Å². The Bertz CT molecular complexity index is 352. The van der Waals surface area contributed by atoms with Crippen LogP contribution in [0, 0.1) is 0 Å². The third kappa shape index (κ3) is 4.67. The van der Waals surface area contributed by atoms with Gasteiger partial charge in [0.25, 0.3) is 0 Å². The molecule has 3 aliphatic rings. The van der Waals surface area contributed by atoms with Crippen molar-refractivity contribution in [1.82, 2.24) is 15.1 Å². The first-order valence-corrected chi connectivity index (χ1v) is 9.16. The van der Waals surface area contributed by atoms with Gasteiger partial charge in [-0.2, -0.15) is 0 Å². The monoisotopic (exact) mass is 309 g/mol. The molecular formula is C17H31N3O2. The minimum Gasteiger partial charge on any atom is -0.376 e. The van der Waals surface area contributed by atoms with Crippen molar-refractivity contribution in [3.8, 4) is 0 Å². The van der Waals surface area contributed by atoms with Gasteiger partial charge in [0.2, 0.25) is 5.91 Å². The van der Waals surface area contributed by atoms with Gasteiger partial charge in [-0.25, -0.2) is 0 Å². The molecule has 0 aromatic rings. The fourth-order valence-electron chi connectivity index (χ4n) is 4.02. The molecule has 0 spiro atoms. The van der Waals surface area contributed by atoms with Gasteiger partial charge in [0, 0.05) is 25.7 Å². The molecule has 0 unspecified atom stereocenters. The first kappa shape index (κ1) is 16.2. The van der Waals surface area contributed by atoms with Gasteiger partial charge in [0.05, 0.1) is 12.6 Å². The van der Waals surface area contributed by atoms with Crippen LogP contribution in [0.15, 0.2) is 0 Å². The first-order chi connectivity index (χ1) is 10.8. The number of carbonyl (C=O) groups excluding carboxylic acids is 1. The van der Waals surface area contributed by atoms with Crippen LogP contribution in [0.1, 0.15) is 44.9 Å². The number of amides is 1. The lowest BCUT2D eigenvalue weighted by molar-refractivity contribution is -0.123. The summed E-state index contributed by atoms with van der Waals surface area (Å²) >= 11 is 0. The average molecular weight is 309 g/mol. The lowest BCUT2D eigenvalue weighted by Gasteiger charge is -2.32. The lowest BCUT2D eigenvalue weighted by atomic mass is 10.1. The highest BCUT2D eigenvalue weighted by atomic mass is 16.5. The van der Waals surface area contributed by atoms with Crippen LogP contribution in [-0.2, 0) is 9.53 Å². The molecule has 3 saturated heterocycles. The molecule has 0 radical (unpaired) electrons. The third-order valence-corrected chi connectivity index (χ3v) is 5.31. The highest BCUT2D eigenvalue weighted by Gasteiger charge is 2.28. The molecule has 3 aliphatic heterocycles. The largest absolute Gasteiger partial charge is 0.376 e. The van der Waals surface area contributed by atoms with Crippen LogP contribution in [0.3, 0.4) is 0 Å². The van der Waals surface area contributed by atoms with Crippen LogP contribution in [-0.4, -0.2) is 73.7 Å². The van der Waals surface area contributed by atoms with Crippen molar-refractivity contribution in [2.45, 2.75) is 57.1 Å². The van der Waals surface area contributed by atoms with Crippen LogP contribution in [0.2, 0.25) is 0 Å². The standard InChI is InChI=1S/C17H31N3O2/c21-17(18-12-16-7-5-11-22-16)14-20-10-4-6-15(20)13-19-8-2-1-3-9-19/h15-16H,1-14H2,(H,18,21)/t15-,16+/m0/s1. The topological polar surface area (TPSA) is 44.8 Å². The summed E-state index contributed by atoms with van der Waals surface area (Å²) in [4.78, 5) is 17.2. The van der Waals surface area contributed by atoms with Crippen LogP contribution in [0.25, 0.3) is 0 Å². The number of likely N-dealkylation sites (tertiary alicyclic amines) is 2. The van der Waals surface area contributed by atoms with E-state index in [1.54, 1.807) is 0 Å². The normalized spacial score (nSPS) is 30.7. The number of hydrogen-bond acceptors (Lipinski definition) is 4. The van der Waals surface area contributed by atoms with E-state index in [-0.39, 0.29) is 12.0 Å². The van der Waals surface area contributed by atoms with Crippen molar-refractivity contribution in [3.05, 3.63) is 0 Å². The van der Waals surface area contributed by atoms with Crippen LogP contribution in [0.5, 0.6) is 0 Å². The number of nitrogens with zero attached hydrogens (tertiary/aromatic N) is 2. The highest BCUT2D eigenvalue weighted by Crippen LogP contribution is 2.20. The van der Waals surface area contributed by atoms with Gasteiger partial charge in [-0.05, 0) is 58.2 Å². The smallest absolute Gasteiger partial charge is 0.234 e. The molecule has 3 fully saturated rings. The van der Waals surface area contributed by atoms with E-state index in [0.29, 0.717) is 19.1 Å². The minimum absolute atomic E-state index is 0.168. The summed E-state index contributed by atoms with van der Waals surface area (Å²) in [5.41, 5.74) is 0. The molecule has 22 heavy (non-hydrogen) atoms. The van der Waals surface area contributed by atoms with Gasteiger partial charge < -0.3 is 15.0 Å². The molecule has 5 nitrogen and oxygen atoms in total. The van der Waals surface area contributed by atoms with Gasteiger partial charge in [0.1, 0.15) is 0 Å². The summed E-state index contributed by atoms with van der Waals surface area (Å²) in [6.07, 6.45) is 9.01. The molecule has 3 heterocycles. The number of rotatable bonds is 6. The zero-order valence-corrected chi connectivity index (χ0v) is 13.8. The van der Waals surface area contributed by atoms with E-state index in [0.717, 1.165) is 32.5 Å². The van der Waals surface area contributed by atoms with Crippen molar-refractivity contribution < 1.29 is 9.53 Å². The summed E-state index contributed by atoms with van der Waals surface area (Å²) in [6.45, 7) is 6.81. The number of carbonyl (C=O) groups is 1. The maximum absolute atomic E-state index is 12.2. The first-order valence-electron chi connectivity index (χ1n) is 9.16. The number of ether oxygens (including phenoxy) is 1. The van der Waals surface area contributed by atoms with Crippen LogP contribution < -0.4 is 5.32 Å². The van der Waals surface area contributed by atoms with E-state index < -0.39 is 0 Å². The molecule has 1 amide bonds. The molecule has 0 saturated carbocycles. The SMILES string of the molecule is O=C(CN1CCC[C@H]1CN1CCCCC1)NC[C@H]1CCCO1. The molecule has 2 atom stereocenters. The highest BCUT2D eigenvalue weighted by molar-refractivity contribution is 5.78. The second-order valence-corrected chi connectivity index (χ2v) is 7.07. The van der Waals surface area contributed by atoms with Crippen molar-refractivity contribution in [3.63, 3.8) is 0 Å². The van der Waals surface area contributed by atoms with Gasteiger partial charge in [-0.15, -0.1) is 0 Å².